The summed E-state index contributed by atoms with van der Waals surface area (Å²) in [6.45, 7) is 13.5. The lowest BCUT2D eigenvalue weighted by Crippen LogP contribution is -2.44. The predicted octanol–water partition coefficient (Wildman–Crippen LogP) is 2.06. The van der Waals surface area contributed by atoms with E-state index in [1.54, 1.807) is 35.9 Å². The zero-order valence-electron chi connectivity index (χ0n) is 18.7. The smallest absolute Gasteiger partial charge is 0.410 e. The number of rotatable bonds is 8. The van der Waals surface area contributed by atoms with E-state index < -0.39 is 11.2 Å². The minimum absolute atomic E-state index is 0. The fourth-order valence-electron chi connectivity index (χ4n) is 2.38. The Hall–Kier alpha value is -1.56. The summed E-state index contributed by atoms with van der Waals surface area (Å²) in [5.74, 6) is 0.576. The van der Waals surface area contributed by atoms with Crippen LogP contribution in [0.4, 0.5) is 4.79 Å². The molecule has 0 aliphatic heterocycles. The molecule has 1 atom stereocenters. The van der Waals surface area contributed by atoms with E-state index in [1.807, 2.05) is 34.6 Å². The van der Waals surface area contributed by atoms with Crippen molar-refractivity contribution in [3.8, 4) is 0 Å². The molecule has 0 fully saturated rings. The second-order valence-electron chi connectivity index (χ2n) is 7.86. The van der Waals surface area contributed by atoms with E-state index in [0.717, 1.165) is 0 Å². The Kier molecular flexibility index (Phi) is 11.6. The fraction of sp³-hybridized carbons (Fsp3) is 0.737. The number of amides is 1. The van der Waals surface area contributed by atoms with Crippen molar-refractivity contribution in [2.45, 2.75) is 52.7 Å². The van der Waals surface area contributed by atoms with Crippen molar-refractivity contribution in [3.05, 3.63) is 18.0 Å². The van der Waals surface area contributed by atoms with Gasteiger partial charge < -0.3 is 25.4 Å². The quantitative estimate of drug-likeness (QED) is 0.273. The minimum atomic E-state index is -1.12. The van der Waals surface area contributed by atoms with E-state index in [9.17, 15) is 9.90 Å². The average molecular weight is 524 g/mol. The van der Waals surface area contributed by atoms with E-state index in [0.29, 0.717) is 37.7 Å². The topological polar surface area (TPSA) is 104 Å². The van der Waals surface area contributed by atoms with Crippen LogP contribution in [0.3, 0.4) is 0 Å². The summed E-state index contributed by atoms with van der Waals surface area (Å²) in [5.41, 5.74) is -0.939. The van der Waals surface area contributed by atoms with Crippen molar-refractivity contribution in [2.75, 3.05) is 32.7 Å². The first-order valence-electron chi connectivity index (χ1n) is 9.70. The molecule has 1 aromatic rings. The van der Waals surface area contributed by atoms with E-state index in [4.69, 9.17) is 4.74 Å². The average Bonchev–Trinajstić information content (AvgIpc) is 3.02. The number of hydrogen-bond acceptors (Lipinski definition) is 5. The molecule has 0 aliphatic rings. The molecule has 0 bridgehead atoms. The highest BCUT2D eigenvalue weighted by Gasteiger charge is 2.25. The SMILES string of the molecule is CCNC(=NCC(C)(O)c1cnn(C)c1)NCCN(CC)C(=O)OC(C)(C)C.I. The molecule has 10 heteroatoms. The van der Waals surface area contributed by atoms with Gasteiger partial charge in [0.05, 0.1) is 12.7 Å². The zero-order valence-corrected chi connectivity index (χ0v) is 21.0. The molecule has 1 rings (SSSR count). The Balaban J connectivity index is 0.00000784. The molecular weight excluding hydrogens is 487 g/mol. The number of aliphatic imine (C=N–C) groups is 1. The maximum atomic E-state index is 12.2. The molecule has 0 radical (unpaired) electrons. The molecule has 1 aromatic heterocycles. The van der Waals surface area contributed by atoms with E-state index in [2.05, 4.69) is 20.7 Å². The van der Waals surface area contributed by atoms with Crippen molar-refractivity contribution in [3.63, 3.8) is 0 Å². The monoisotopic (exact) mass is 524 g/mol. The van der Waals surface area contributed by atoms with Crippen LogP contribution in [0.5, 0.6) is 0 Å². The number of hydrogen-bond donors (Lipinski definition) is 3. The van der Waals surface area contributed by atoms with Gasteiger partial charge in [0.1, 0.15) is 11.2 Å². The Labute approximate surface area is 191 Å². The predicted molar refractivity (Wildman–Crippen MR) is 126 cm³/mol. The van der Waals surface area contributed by atoms with Crippen LogP contribution in [0.1, 0.15) is 47.1 Å². The Morgan fingerprint density at radius 2 is 1.97 bits per heavy atom. The highest BCUT2D eigenvalue weighted by molar-refractivity contribution is 14.0. The summed E-state index contributed by atoms with van der Waals surface area (Å²) in [4.78, 5) is 18.3. The lowest BCUT2D eigenvalue weighted by molar-refractivity contribution is 0.0264. The highest BCUT2D eigenvalue weighted by atomic mass is 127. The molecule has 9 nitrogen and oxygen atoms in total. The molecule has 1 amide bonds. The Morgan fingerprint density at radius 3 is 2.45 bits per heavy atom. The van der Waals surface area contributed by atoms with Gasteiger partial charge >= 0.3 is 6.09 Å². The molecule has 3 N–H and O–H groups in total. The summed E-state index contributed by atoms with van der Waals surface area (Å²) in [6, 6.07) is 0. The summed E-state index contributed by atoms with van der Waals surface area (Å²) < 4.78 is 7.06. The minimum Gasteiger partial charge on any atom is -0.444 e. The number of aliphatic hydroxyl groups is 1. The largest absolute Gasteiger partial charge is 0.444 e. The number of halogens is 1. The number of ether oxygens (including phenoxy) is 1. The van der Waals surface area contributed by atoms with Gasteiger partial charge in [-0.1, -0.05) is 0 Å². The first-order chi connectivity index (χ1) is 13.0. The van der Waals surface area contributed by atoms with Gasteiger partial charge in [-0.3, -0.25) is 4.68 Å². The van der Waals surface area contributed by atoms with Gasteiger partial charge in [0.25, 0.3) is 0 Å². The van der Waals surface area contributed by atoms with Crippen LogP contribution in [0.25, 0.3) is 0 Å². The van der Waals surface area contributed by atoms with Crippen LogP contribution in [-0.2, 0) is 17.4 Å². The molecule has 1 unspecified atom stereocenters. The van der Waals surface area contributed by atoms with E-state index in [1.165, 1.54) is 0 Å². The maximum Gasteiger partial charge on any atom is 0.410 e. The fourth-order valence-corrected chi connectivity index (χ4v) is 2.38. The van der Waals surface area contributed by atoms with Gasteiger partial charge in [-0.25, -0.2) is 9.79 Å². The van der Waals surface area contributed by atoms with Crippen molar-refractivity contribution >= 4 is 36.0 Å². The molecule has 0 aliphatic carbocycles. The Bertz CT molecular complexity index is 655. The third-order valence-electron chi connectivity index (χ3n) is 3.92. The lowest BCUT2D eigenvalue weighted by atomic mass is 10.0. The molecule has 1 heterocycles. The number of nitrogens with zero attached hydrogens (tertiary/aromatic N) is 4. The highest BCUT2D eigenvalue weighted by Crippen LogP contribution is 2.19. The van der Waals surface area contributed by atoms with Crippen LogP contribution in [0.2, 0.25) is 0 Å². The first-order valence-corrected chi connectivity index (χ1v) is 9.70. The maximum absolute atomic E-state index is 12.2. The third kappa shape index (κ3) is 10.2. The number of carbonyl (C=O) groups is 1. The second kappa shape index (κ2) is 12.2. The standard InChI is InChI=1S/C19H36N6O3.HI/c1-8-20-16(22-14-19(6,27)15-12-23-24(7)13-15)21-10-11-25(9-2)17(26)28-18(3,4)5;/h12-13,27H,8-11,14H2,1-7H3,(H2,20,21,22);1H. The van der Waals surface area contributed by atoms with Crippen LogP contribution >= 0.6 is 24.0 Å². The molecule has 29 heavy (non-hydrogen) atoms. The third-order valence-corrected chi connectivity index (χ3v) is 3.92. The summed E-state index contributed by atoms with van der Waals surface area (Å²) >= 11 is 0. The number of aromatic nitrogens is 2. The van der Waals surface area contributed by atoms with Crippen molar-refractivity contribution in [2.24, 2.45) is 12.0 Å². The van der Waals surface area contributed by atoms with E-state index in [-0.39, 0.29) is 36.6 Å². The zero-order chi connectivity index (χ0) is 21.4. The summed E-state index contributed by atoms with van der Waals surface area (Å²) in [5, 5.41) is 21.1. The van der Waals surface area contributed by atoms with E-state index >= 15 is 0 Å². The molecule has 0 spiro atoms. The molecule has 0 saturated heterocycles. The number of guanidine groups is 1. The van der Waals surface area contributed by atoms with Crippen molar-refractivity contribution in [1.29, 1.82) is 0 Å². The van der Waals surface area contributed by atoms with Gasteiger partial charge in [-0.15, -0.1) is 24.0 Å². The van der Waals surface area contributed by atoms with Gasteiger partial charge in [0, 0.05) is 45.0 Å². The van der Waals surface area contributed by atoms with Crippen LogP contribution < -0.4 is 10.6 Å². The van der Waals surface area contributed by atoms with Gasteiger partial charge in [-0.05, 0) is 41.5 Å². The van der Waals surface area contributed by atoms with Gasteiger partial charge in [-0.2, -0.15) is 5.10 Å². The summed E-state index contributed by atoms with van der Waals surface area (Å²) in [6.07, 6.45) is 3.07. The lowest BCUT2D eigenvalue weighted by Gasteiger charge is -2.27. The molecule has 0 saturated carbocycles. The number of aryl methyl sites for hydroxylation is 1. The first kappa shape index (κ1) is 27.4. The van der Waals surface area contributed by atoms with Gasteiger partial charge in [0.15, 0.2) is 5.96 Å². The van der Waals surface area contributed by atoms with Crippen molar-refractivity contribution in [1.82, 2.24) is 25.3 Å². The number of nitrogens with one attached hydrogen (secondary N) is 2. The number of likely N-dealkylation sites (N-methyl/N-ethyl adjacent to an activating group) is 1. The van der Waals surface area contributed by atoms with Crippen LogP contribution in [0, 0.1) is 0 Å². The van der Waals surface area contributed by atoms with Crippen LogP contribution in [0.15, 0.2) is 17.4 Å². The van der Waals surface area contributed by atoms with Crippen molar-refractivity contribution < 1.29 is 14.6 Å². The normalized spacial score (nSPS) is 13.9. The van der Waals surface area contributed by atoms with Crippen LogP contribution in [-0.4, -0.2) is 70.2 Å². The summed E-state index contributed by atoms with van der Waals surface area (Å²) in [7, 11) is 1.80. The molecule has 168 valence electrons. The molecule has 0 aromatic carbocycles. The Morgan fingerprint density at radius 1 is 1.31 bits per heavy atom. The second-order valence-corrected chi connectivity index (χ2v) is 7.86. The molecular formula is C19H37IN6O3. The number of carbonyl (C=O) groups excluding carboxylic acids is 1. The van der Waals surface area contributed by atoms with Gasteiger partial charge in [0.2, 0.25) is 0 Å².